The van der Waals surface area contributed by atoms with Crippen LogP contribution in [0.3, 0.4) is 0 Å². The SMILES string of the molecule is COc1ccccc1CC(=O)Nc1ccc(OC)c(OC(F)F)c1. The fourth-order valence-electron chi connectivity index (χ4n) is 2.17. The molecule has 0 aromatic heterocycles. The topological polar surface area (TPSA) is 56.8 Å². The van der Waals surface area contributed by atoms with Crippen molar-refractivity contribution in [1.82, 2.24) is 0 Å². The van der Waals surface area contributed by atoms with Crippen molar-refractivity contribution in [3.8, 4) is 17.2 Å². The van der Waals surface area contributed by atoms with Crippen LogP contribution in [-0.4, -0.2) is 26.7 Å². The summed E-state index contributed by atoms with van der Waals surface area (Å²) in [6.07, 6.45) is 0.0844. The molecule has 0 saturated carbocycles. The summed E-state index contributed by atoms with van der Waals surface area (Å²) in [6, 6.07) is 11.4. The highest BCUT2D eigenvalue weighted by atomic mass is 19.3. The number of methoxy groups -OCH3 is 2. The lowest BCUT2D eigenvalue weighted by molar-refractivity contribution is -0.115. The Morgan fingerprint density at radius 2 is 1.75 bits per heavy atom. The number of rotatable bonds is 7. The van der Waals surface area contributed by atoms with Crippen molar-refractivity contribution >= 4 is 11.6 Å². The fourth-order valence-corrected chi connectivity index (χ4v) is 2.17. The van der Waals surface area contributed by atoms with Crippen LogP contribution >= 0.6 is 0 Å². The summed E-state index contributed by atoms with van der Waals surface area (Å²) in [5.41, 5.74) is 1.04. The zero-order chi connectivity index (χ0) is 17.5. The van der Waals surface area contributed by atoms with E-state index >= 15 is 0 Å². The lowest BCUT2D eigenvalue weighted by Gasteiger charge is -2.13. The maximum absolute atomic E-state index is 12.4. The Morgan fingerprint density at radius 3 is 2.42 bits per heavy atom. The number of hydrogen-bond donors (Lipinski definition) is 1. The van der Waals surface area contributed by atoms with Crippen LogP contribution in [0.25, 0.3) is 0 Å². The molecule has 0 saturated heterocycles. The zero-order valence-corrected chi connectivity index (χ0v) is 13.2. The van der Waals surface area contributed by atoms with Gasteiger partial charge in [0, 0.05) is 17.3 Å². The molecular formula is C17H17F2NO4. The van der Waals surface area contributed by atoms with Crippen LogP contribution in [0.15, 0.2) is 42.5 Å². The van der Waals surface area contributed by atoms with Crippen molar-refractivity contribution in [2.75, 3.05) is 19.5 Å². The van der Waals surface area contributed by atoms with Crippen molar-refractivity contribution in [2.45, 2.75) is 13.0 Å². The lowest BCUT2D eigenvalue weighted by atomic mass is 10.1. The first-order chi connectivity index (χ1) is 11.5. The molecule has 128 valence electrons. The van der Waals surface area contributed by atoms with Gasteiger partial charge in [-0.25, -0.2) is 0 Å². The normalized spacial score (nSPS) is 10.4. The number of halogens is 2. The summed E-state index contributed by atoms with van der Waals surface area (Å²) in [4.78, 5) is 12.2. The van der Waals surface area contributed by atoms with Gasteiger partial charge in [0.15, 0.2) is 11.5 Å². The Kier molecular flexibility index (Phi) is 5.95. The van der Waals surface area contributed by atoms with E-state index in [4.69, 9.17) is 9.47 Å². The third-order valence-corrected chi connectivity index (χ3v) is 3.21. The Morgan fingerprint density at radius 1 is 1.04 bits per heavy atom. The van der Waals surface area contributed by atoms with Crippen LogP contribution in [0.1, 0.15) is 5.56 Å². The summed E-state index contributed by atoms with van der Waals surface area (Å²) in [5, 5.41) is 2.63. The number of benzene rings is 2. The van der Waals surface area contributed by atoms with Gasteiger partial charge in [0.1, 0.15) is 5.75 Å². The quantitative estimate of drug-likeness (QED) is 0.840. The number of hydrogen-bond acceptors (Lipinski definition) is 4. The summed E-state index contributed by atoms with van der Waals surface area (Å²) in [6.45, 7) is -2.99. The minimum atomic E-state index is -2.99. The van der Waals surface area contributed by atoms with Crippen LogP contribution in [-0.2, 0) is 11.2 Å². The molecule has 1 N–H and O–H groups in total. The van der Waals surface area contributed by atoms with Crippen molar-refractivity contribution in [3.05, 3.63) is 48.0 Å². The molecule has 0 aliphatic heterocycles. The molecule has 1 amide bonds. The van der Waals surface area contributed by atoms with E-state index < -0.39 is 6.61 Å². The van der Waals surface area contributed by atoms with Crippen LogP contribution in [0.2, 0.25) is 0 Å². The third kappa shape index (κ3) is 4.58. The molecule has 7 heteroatoms. The highest BCUT2D eigenvalue weighted by molar-refractivity contribution is 5.93. The summed E-state index contributed by atoms with van der Waals surface area (Å²) < 4.78 is 39.4. The number of nitrogens with one attached hydrogen (secondary N) is 1. The average Bonchev–Trinajstić information content (AvgIpc) is 2.55. The van der Waals surface area contributed by atoms with Crippen molar-refractivity contribution in [1.29, 1.82) is 0 Å². The third-order valence-electron chi connectivity index (χ3n) is 3.21. The van der Waals surface area contributed by atoms with E-state index in [1.165, 1.54) is 32.4 Å². The van der Waals surface area contributed by atoms with E-state index in [1.807, 2.05) is 0 Å². The van der Waals surface area contributed by atoms with Gasteiger partial charge in [-0.3, -0.25) is 4.79 Å². The Bertz CT molecular complexity index is 707. The lowest BCUT2D eigenvalue weighted by Crippen LogP contribution is -2.15. The van der Waals surface area contributed by atoms with Gasteiger partial charge in [0.25, 0.3) is 0 Å². The maximum Gasteiger partial charge on any atom is 0.387 e. The summed E-state index contributed by atoms with van der Waals surface area (Å²) in [7, 11) is 2.86. The molecule has 5 nitrogen and oxygen atoms in total. The van der Waals surface area contributed by atoms with Gasteiger partial charge < -0.3 is 19.5 Å². The highest BCUT2D eigenvalue weighted by Crippen LogP contribution is 2.31. The second kappa shape index (κ2) is 8.14. The molecule has 0 radical (unpaired) electrons. The van der Waals surface area contributed by atoms with Gasteiger partial charge in [0.05, 0.1) is 20.6 Å². The molecule has 0 heterocycles. The minimum absolute atomic E-state index is 0.0844. The second-order valence-electron chi connectivity index (χ2n) is 4.78. The molecule has 0 aliphatic rings. The number of anilines is 1. The Balaban J connectivity index is 2.11. The van der Waals surface area contributed by atoms with Crippen LogP contribution < -0.4 is 19.5 Å². The smallest absolute Gasteiger partial charge is 0.387 e. The number of ether oxygens (including phenoxy) is 3. The first-order valence-electron chi connectivity index (χ1n) is 7.08. The molecule has 2 aromatic rings. The first-order valence-corrected chi connectivity index (χ1v) is 7.08. The van der Waals surface area contributed by atoms with Gasteiger partial charge >= 0.3 is 6.61 Å². The van der Waals surface area contributed by atoms with Gasteiger partial charge in [-0.05, 0) is 18.2 Å². The second-order valence-corrected chi connectivity index (χ2v) is 4.78. The molecule has 24 heavy (non-hydrogen) atoms. The molecule has 0 fully saturated rings. The van der Waals surface area contributed by atoms with E-state index in [-0.39, 0.29) is 23.8 Å². The van der Waals surface area contributed by atoms with Crippen LogP contribution in [0, 0.1) is 0 Å². The molecule has 0 unspecified atom stereocenters. The standard InChI is InChI=1S/C17H17F2NO4/c1-22-13-6-4-3-5-11(13)9-16(21)20-12-7-8-14(23-2)15(10-12)24-17(18)19/h3-8,10,17H,9H2,1-2H3,(H,20,21). The molecule has 0 bridgehead atoms. The van der Waals surface area contributed by atoms with Crippen molar-refractivity contribution in [3.63, 3.8) is 0 Å². The van der Waals surface area contributed by atoms with Gasteiger partial charge in [-0.1, -0.05) is 18.2 Å². The van der Waals surface area contributed by atoms with Gasteiger partial charge in [-0.15, -0.1) is 0 Å². The molecular weight excluding hydrogens is 320 g/mol. The monoisotopic (exact) mass is 337 g/mol. The number of para-hydroxylation sites is 1. The van der Waals surface area contributed by atoms with Crippen LogP contribution in [0.4, 0.5) is 14.5 Å². The maximum atomic E-state index is 12.4. The predicted molar refractivity (Wildman–Crippen MR) is 85.0 cm³/mol. The number of alkyl halides is 2. The molecule has 2 aromatic carbocycles. The van der Waals surface area contributed by atoms with Crippen LogP contribution in [0.5, 0.6) is 17.2 Å². The average molecular weight is 337 g/mol. The van der Waals surface area contributed by atoms with E-state index in [9.17, 15) is 13.6 Å². The van der Waals surface area contributed by atoms with Crippen molar-refractivity contribution < 1.29 is 27.8 Å². The number of carbonyl (C=O) groups is 1. The number of carbonyl (C=O) groups excluding carboxylic acids is 1. The van der Waals surface area contributed by atoms with E-state index in [0.717, 1.165) is 5.56 Å². The van der Waals surface area contributed by atoms with E-state index in [2.05, 4.69) is 10.1 Å². The zero-order valence-electron chi connectivity index (χ0n) is 13.2. The first kappa shape index (κ1) is 17.5. The Labute approximate surface area is 138 Å². The summed E-state index contributed by atoms with van der Waals surface area (Å²) in [5.74, 6) is 0.289. The van der Waals surface area contributed by atoms with Gasteiger partial charge in [0.2, 0.25) is 5.91 Å². The highest BCUT2D eigenvalue weighted by Gasteiger charge is 2.13. The van der Waals surface area contributed by atoms with E-state index in [0.29, 0.717) is 11.4 Å². The fraction of sp³-hybridized carbons (Fsp3) is 0.235. The molecule has 0 spiro atoms. The number of amides is 1. The van der Waals surface area contributed by atoms with Crippen molar-refractivity contribution in [2.24, 2.45) is 0 Å². The molecule has 2 rings (SSSR count). The largest absolute Gasteiger partial charge is 0.496 e. The molecule has 0 atom stereocenters. The summed E-state index contributed by atoms with van der Waals surface area (Å²) >= 11 is 0. The van der Waals surface area contributed by atoms with E-state index in [1.54, 1.807) is 24.3 Å². The Hall–Kier alpha value is -2.83. The predicted octanol–water partition coefficient (Wildman–Crippen LogP) is 3.49. The molecule has 0 aliphatic carbocycles. The van der Waals surface area contributed by atoms with Gasteiger partial charge in [-0.2, -0.15) is 8.78 Å². The minimum Gasteiger partial charge on any atom is -0.496 e.